The Morgan fingerprint density at radius 3 is 2.55 bits per heavy atom. The summed E-state index contributed by atoms with van der Waals surface area (Å²) < 4.78 is 14.8. The van der Waals surface area contributed by atoms with Gasteiger partial charge in [-0.1, -0.05) is 57.9 Å². The van der Waals surface area contributed by atoms with Crippen LogP contribution in [0.4, 0.5) is 4.39 Å². The summed E-state index contributed by atoms with van der Waals surface area (Å²) in [5.41, 5.74) is 0.677. The predicted molar refractivity (Wildman–Crippen MR) is 83.7 cm³/mol. The molecule has 0 saturated carbocycles. The molecule has 100 valence electrons. The zero-order chi connectivity index (χ0) is 14.3. The molecule has 0 aliphatic carbocycles. The molecule has 0 saturated heterocycles. The first-order valence-corrected chi connectivity index (χ1v) is 7.11. The van der Waals surface area contributed by atoms with Crippen LogP contribution in [0.3, 0.4) is 0 Å². The second-order valence-electron chi connectivity index (χ2n) is 4.40. The summed E-state index contributed by atoms with van der Waals surface area (Å²) in [6, 6.07) is 14.1. The number of rotatable bonds is 1. The van der Waals surface area contributed by atoms with E-state index in [4.69, 9.17) is 11.6 Å². The molecule has 0 aliphatic rings. The summed E-state index contributed by atoms with van der Waals surface area (Å²) in [6.45, 7) is 0. The predicted octanol–water partition coefficient (Wildman–Crippen LogP) is 5.77. The maximum Gasteiger partial charge on any atom is 0.150 e. The second-order valence-corrected chi connectivity index (χ2v) is 5.66. The van der Waals surface area contributed by atoms with E-state index in [1.807, 2.05) is 24.3 Å². The first-order chi connectivity index (χ1) is 9.59. The third kappa shape index (κ3) is 2.07. The van der Waals surface area contributed by atoms with Crippen LogP contribution in [-0.2, 0) is 0 Å². The second kappa shape index (κ2) is 5.08. The van der Waals surface area contributed by atoms with Crippen LogP contribution >= 0.6 is 27.5 Å². The topological polar surface area (TPSA) is 20.2 Å². The van der Waals surface area contributed by atoms with Crippen LogP contribution in [0.25, 0.3) is 21.9 Å². The van der Waals surface area contributed by atoms with E-state index < -0.39 is 5.82 Å². The van der Waals surface area contributed by atoms with E-state index in [1.165, 1.54) is 6.07 Å². The summed E-state index contributed by atoms with van der Waals surface area (Å²) in [6.07, 6.45) is 0. The fraction of sp³-hybridized carbons (Fsp3) is 0. The van der Waals surface area contributed by atoms with E-state index in [0.29, 0.717) is 15.4 Å². The van der Waals surface area contributed by atoms with E-state index in [9.17, 15) is 9.50 Å². The number of aromatic hydroxyl groups is 1. The summed E-state index contributed by atoms with van der Waals surface area (Å²) in [5.74, 6) is -0.503. The van der Waals surface area contributed by atoms with Crippen LogP contribution in [0.1, 0.15) is 0 Å². The lowest BCUT2D eigenvalue weighted by atomic mass is 9.99. The van der Waals surface area contributed by atoms with Gasteiger partial charge in [-0.25, -0.2) is 4.39 Å². The number of hydrogen-bond acceptors (Lipinski definition) is 1. The average molecular weight is 352 g/mol. The number of benzene rings is 3. The SMILES string of the molecule is Oc1c(-c2c(Br)ccc(Cl)c2F)ccc2ccccc12. The van der Waals surface area contributed by atoms with Crippen LogP contribution in [0.5, 0.6) is 5.75 Å². The number of phenolic OH excluding ortho intramolecular Hbond substituents is 1. The molecule has 0 aromatic heterocycles. The molecule has 0 aliphatic heterocycles. The molecule has 4 heteroatoms. The molecule has 1 nitrogen and oxygen atoms in total. The Kier molecular flexibility index (Phi) is 3.40. The first-order valence-electron chi connectivity index (χ1n) is 5.94. The fourth-order valence-corrected chi connectivity index (χ4v) is 2.91. The minimum Gasteiger partial charge on any atom is -0.507 e. The van der Waals surface area contributed by atoms with E-state index >= 15 is 0 Å². The molecule has 0 bridgehead atoms. The molecule has 0 spiro atoms. The van der Waals surface area contributed by atoms with Crippen LogP contribution in [0.15, 0.2) is 53.0 Å². The monoisotopic (exact) mass is 350 g/mol. The number of halogens is 3. The molecule has 20 heavy (non-hydrogen) atoms. The van der Waals surface area contributed by atoms with Gasteiger partial charge in [-0.2, -0.15) is 0 Å². The van der Waals surface area contributed by atoms with Gasteiger partial charge in [0.1, 0.15) is 5.75 Å². The summed E-state index contributed by atoms with van der Waals surface area (Å²) in [7, 11) is 0. The van der Waals surface area contributed by atoms with Gasteiger partial charge in [0.25, 0.3) is 0 Å². The van der Waals surface area contributed by atoms with Gasteiger partial charge in [0.15, 0.2) is 5.82 Å². The van der Waals surface area contributed by atoms with Crippen molar-refractivity contribution in [3.63, 3.8) is 0 Å². The zero-order valence-corrected chi connectivity index (χ0v) is 12.5. The third-order valence-corrected chi connectivity index (χ3v) is 4.17. The van der Waals surface area contributed by atoms with Crippen molar-refractivity contribution < 1.29 is 9.50 Å². The molecule has 1 N–H and O–H groups in total. The first kappa shape index (κ1) is 13.4. The van der Waals surface area contributed by atoms with Crippen LogP contribution in [-0.4, -0.2) is 5.11 Å². The minimum absolute atomic E-state index is 0.0239. The summed E-state index contributed by atoms with van der Waals surface area (Å²) in [5, 5.41) is 12.0. The average Bonchev–Trinajstić information content (AvgIpc) is 2.46. The van der Waals surface area contributed by atoms with Crippen molar-refractivity contribution in [2.24, 2.45) is 0 Å². The highest BCUT2D eigenvalue weighted by molar-refractivity contribution is 9.10. The molecular formula is C16H9BrClFO. The molecule has 3 aromatic carbocycles. The number of phenols is 1. The van der Waals surface area contributed by atoms with Crippen LogP contribution in [0.2, 0.25) is 5.02 Å². The van der Waals surface area contributed by atoms with Crippen LogP contribution < -0.4 is 0 Å². The number of fused-ring (bicyclic) bond motifs is 1. The Morgan fingerprint density at radius 1 is 1.00 bits per heavy atom. The standard InChI is InChI=1S/C16H9BrClFO/c17-12-7-8-13(18)15(19)14(12)11-6-5-9-3-1-2-4-10(9)16(11)20/h1-8,20H. The Balaban J connectivity index is 2.36. The Bertz CT molecular complexity index is 817. The normalized spacial score (nSPS) is 10.9. The minimum atomic E-state index is -0.549. The smallest absolute Gasteiger partial charge is 0.150 e. The van der Waals surface area contributed by atoms with Crippen molar-refractivity contribution in [2.45, 2.75) is 0 Å². The zero-order valence-electron chi connectivity index (χ0n) is 10.2. The summed E-state index contributed by atoms with van der Waals surface area (Å²) >= 11 is 9.14. The van der Waals surface area contributed by atoms with Gasteiger partial charge in [-0.05, 0) is 23.6 Å². The van der Waals surface area contributed by atoms with Gasteiger partial charge in [0.05, 0.1) is 5.02 Å². The molecule has 0 heterocycles. The fourth-order valence-electron chi connectivity index (χ4n) is 2.23. The molecule has 0 atom stereocenters. The highest BCUT2D eigenvalue weighted by Crippen LogP contribution is 2.41. The molecule has 3 aromatic rings. The van der Waals surface area contributed by atoms with Crippen molar-refractivity contribution in [3.8, 4) is 16.9 Å². The maximum absolute atomic E-state index is 14.3. The molecule has 0 fully saturated rings. The molecule has 3 rings (SSSR count). The molecule has 0 amide bonds. The van der Waals surface area contributed by atoms with Gasteiger partial charge >= 0.3 is 0 Å². The van der Waals surface area contributed by atoms with E-state index in [1.54, 1.807) is 18.2 Å². The third-order valence-electron chi connectivity index (χ3n) is 3.21. The highest BCUT2D eigenvalue weighted by atomic mass is 79.9. The molecular weight excluding hydrogens is 343 g/mol. The van der Waals surface area contributed by atoms with E-state index in [2.05, 4.69) is 15.9 Å². The Labute approximate surface area is 128 Å². The van der Waals surface area contributed by atoms with Gasteiger partial charge in [-0.3, -0.25) is 0 Å². The van der Waals surface area contributed by atoms with Gasteiger partial charge < -0.3 is 5.11 Å². The van der Waals surface area contributed by atoms with E-state index in [-0.39, 0.29) is 16.3 Å². The van der Waals surface area contributed by atoms with Crippen molar-refractivity contribution in [2.75, 3.05) is 0 Å². The summed E-state index contributed by atoms with van der Waals surface area (Å²) in [4.78, 5) is 0. The van der Waals surface area contributed by atoms with Crippen molar-refractivity contribution in [1.29, 1.82) is 0 Å². The van der Waals surface area contributed by atoms with Gasteiger partial charge in [0.2, 0.25) is 0 Å². The van der Waals surface area contributed by atoms with E-state index in [0.717, 1.165) is 5.39 Å². The number of hydrogen-bond donors (Lipinski definition) is 1. The van der Waals surface area contributed by atoms with Crippen molar-refractivity contribution >= 4 is 38.3 Å². The highest BCUT2D eigenvalue weighted by Gasteiger charge is 2.17. The Hall–Kier alpha value is -1.58. The molecule has 0 radical (unpaired) electrons. The largest absolute Gasteiger partial charge is 0.507 e. The lowest BCUT2D eigenvalue weighted by Gasteiger charge is -2.11. The van der Waals surface area contributed by atoms with Gasteiger partial charge in [-0.15, -0.1) is 0 Å². The van der Waals surface area contributed by atoms with Gasteiger partial charge in [0, 0.05) is 21.0 Å². The quantitative estimate of drug-likeness (QED) is 0.552. The maximum atomic E-state index is 14.3. The van der Waals surface area contributed by atoms with Crippen LogP contribution in [0, 0.1) is 5.82 Å². The lowest BCUT2D eigenvalue weighted by molar-refractivity contribution is 0.483. The molecule has 0 unspecified atom stereocenters. The Morgan fingerprint density at radius 2 is 1.75 bits per heavy atom. The lowest BCUT2D eigenvalue weighted by Crippen LogP contribution is -1.89. The van der Waals surface area contributed by atoms with Crippen molar-refractivity contribution in [1.82, 2.24) is 0 Å². The van der Waals surface area contributed by atoms with Crippen molar-refractivity contribution in [3.05, 3.63) is 63.8 Å².